The zero-order valence-corrected chi connectivity index (χ0v) is 9.01. The maximum Gasteiger partial charge on any atom is 0.0471 e. The Morgan fingerprint density at radius 1 is 1.00 bits per heavy atom. The normalized spacial score (nSPS) is 11.2. The highest BCUT2D eigenvalue weighted by atomic mass is 79.9. The van der Waals surface area contributed by atoms with Crippen molar-refractivity contribution in [1.29, 1.82) is 0 Å². The van der Waals surface area contributed by atoms with Crippen LogP contribution in [0.5, 0.6) is 0 Å². The minimum absolute atomic E-state index is 1.17. The molecule has 0 aliphatic rings. The Hall–Kier alpha value is -1.28. The highest BCUT2D eigenvalue weighted by Gasteiger charge is 2.04. The quantitative estimate of drug-likeness (QED) is 0.615. The van der Waals surface area contributed by atoms with Crippen molar-refractivity contribution in [3.05, 3.63) is 47.1 Å². The predicted octanol–water partition coefficient (Wildman–Crippen LogP) is 4.08. The van der Waals surface area contributed by atoms with Gasteiger partial charge < -0.3 is 4.98 Å². The van der Waals surface area contributed by atoms with Gasteiger partial charge in [0.1, 0.15) is 0 Å². The maximum atomic E-state index is 3.64. The van der Waals surface area contributed by atoms with E-state index in [1.807, 2.05) is 6.20 Å². The van der Waals surface area contributed by atoms with Crippen LogP contribution in [0.2, 0.25) is 0 Å². The first kappa shape index (κ1) is 8.06. The number of halogens is 1. The fraction of sp³-hybridized carbons (Fsp3) is 0. The van der Waals surface area contributed by atoms with Crippen molar-refractivity contribution in [2.24, 2.45) is 0 Å². The molecule has 0 atom stereocenters. The van der Waals surface area contributed by atoms with Gasteiger partial charge in [0.05, 0.1) is 0 Å². The summed E-state index contributed by atoms with van der Waals surface area (Å²) in [6, 6.07) is 12.6. The highest BCUT2D eigenvalue weighted by molar-refractivity contribution is 9.10. The van der Waals surface area contributed by atoms with Crippen molar-refractivity contribution in [3.8, 4) is 0 Å². The predicted molar refractivity (Wildman–Crippen MR) is 63.5 cm³/mol. The second-order valence-electron chi connectivity index (χ2n) is 3.35. The van der Waals surface area contributed by atoms with Gasteiger partial charge in [0.2, 0.25) is 0 Å². The standard InChI is InChI=1S/C12H8BrN/c13-12-9-4-2-1-3-8(9)7-11-10(12)5-6-14-11/h1-7,14H. The molecule has 0 amide bonds. The summed E-state index contributed by atoms with van der Waals surface area (Å²) in [5.74, 6) is 0. The van der Waals surface area contributed by atoms with Gasteiger partial charge >= 0.3 is 0 Å². The van der Waals surface area contributed by atoms with Gasteiger partial charge in [-0.25, -0.2) is 0 Å². The van der Waals surface area contributed by atoms with Crippen molar-refractivity contribution in [1.82, 2.24) is 4.98 Å². The van der Waals surface area contributed by atoms with E-state index in [0.29, 0.717) is 0 Å². The van der Waals surface area contributed by atoms with Crippen molar-refractivity contribution in [2.75, 3.05) is 0 Å². The molecule has 1 aromatic heterocycles. The third-order valence-corrected chi connectivity index (χ3v) is 3.37. The lowest BCUT2D eigenvalue weighted by Gasteiger charge is -2.01. The molecule has 1 N–H and O–H groups in total. The third kappa shape index (κ3) is 1.01. The number of nitrogens with one attached hydrogen (secondary N) is 1. The summed E-state index contributed by atoms with van der Waals surface area (Å²) < 4.78 is 1.17. The van der Waals surface area contributed by atoms with E-state index in [-0.39, 0.29) is 0 Å². The minimum Gasteiger partial charge on any atom is -0.361 e. The number of H-pyrrole nitrogens is 1. The van der Waals surface area contributed by atoms with Gasteiger partial charge in [-0.15, -0.1) is 0 Å². The molecule has 0 spiro atoms. The zero-order chi connectivity index (χ0) is 9.54. The average Bonchev–Trinajstić information content (AvgIpc) is 2.66. The van der Waals surface area contributed by atoms with E-state index >= 15 is 0 Å². The molecule has 3 rings (SSSR count). The van der Waals surface area contributed by atoms with Gasteiger partial charge in [-0.05, 0) is 38.8 Å². The molecular weight excluding hydrogens is 238 g/mol. The van der Waals surface area contributed by atoms with Crippen molar-refractivity contribution >= 4 is 37.6 Å². The number of aromatic nitrogens is 1. The molecule has 0 saturated heterocycles. The fourth-order valence-corrected chi connectivity index (χ4v) is 2.52. The molecule has 1 heterocycles. The SMILES string of the molecule is Brc1c2ccccc2cc2[nH]ccc12. The first-order valence-electron chi connectivity index (χ1n) is 4.50. The lowest BCUT2D eigenvalue weighted by atomic mass is 10.1. The molecule has 2 aromatic carbocycles. The van der Waals surface area contributed by atoms with Crippen LogP contribution in [-0.4, -0.2) is 4.98 Å². The second-order valence-corrected chi connectivity index (χ2v) is 4.14. The molecule has 0 unspecified atom stereocenters. The second kappa shape index (κ2) is 2.85. The molecule has 0 bridgehead atoms. The number of fused-ring (bicyclic) bond motifs is 2. The molecular formula is C12H8BrN. The topological polar surface area (TPSA) is 15.8 Å². The van der Waals surface area contributed by atoms with Gasteiger partial charge in [-0.1, -0.05) is 24.3 Å². The highest BCUT2D eigenvalue weighted by Crippen LogP contribution is 2.31. The zero-order valence-electron chi connectivity index (χ0n) is 7.42. The molecule has 68 valence electrons. The fourth-order valence-electron chi connectivity index (χ4n) is 1.82. The van der Waals surface area contributed by atoms with Crippen LogP contribution < -0.4 is 0 Å². The lowest BCUT2D eigenvalue weighted by molar-refractivity contribution is 1.48. The molecule has 0 saturated carbocycles. The Kier molecular flexibility index (Phi) is 1.64. The molecule has 1 nitrogen and oxygen atoms in total. The van der Waals surface area contributed by atoms with E-state index < -0.39 is 0 Å². The number of aromatic amines is 1. The van der Waals surface area contributed by atoms with E-state index in [2.05, 4.69) is 57.3 Å². The first-order chi connectivity index (χ1) is 6.86. The minimum atomic E-state index is 1.17. The van der Waals surface area contributed by atoms with Crippen LogP contribution in [0.3, 0.4) is 0 Å². The molecule has 0 fully saturated rings. The van der Waals surface area contributed by atoms with Gasteiger partial charge in [-0.3, -0.25) is 0 Å². The summed E-state index contributed by atoms with van der Waals surface area (Å²) in [7, 11) is 0. The Morgan fingerprint density at radius 2 is 1.86 bits per heavy atom. The number of hydrogen-bond acceptors (Lipinski definition) is 0. The molecule has 2 heteroatoms. The third-order valence-electron chi connectivity index (χ3n) is 2.51. The lowest BCUT2D eigenvalue weighted by Crippen LogP contribution is -1.76. The summed E-state index contributed by atoms with van der Waals surface area (Å²) in [4.78, 5) is 3.22. The largest absolute Gasteiger partial charge is 0.361 e. The van der Waals surface area contributed by atoms with Crippen molar-refractivity contribution in [2.45, 2.75) is 0 Å². The summed E-state index contributed by atoms with van der Waals surface area (Å²) in [5, 5.41) is 3.76. The number of rotatable bonds is 0. The smallest absolute Gasteiger partial charge is 0.0471 e. The summed E-state index contributed by atoms with van der Waals surface area (Å²) in [6.07, 6.45) is 1.97. The van der Waals surface area contributed by atoms with Crippen LogP contribution in [-0.2, 0) is 0 Å². The molecule has 3 aromatic rings. The van der Waals surface area contributed by atoms with E-state index in [0.717, 1.165) is 0 Å². The first-order valence-corrected chi connectivity index (χ1v) is 5.30. The number of hydrogen-bond donors (Lipinski definition) is 1. The number of benzene rings is 2. The Labute approximate surface area is 89.9 Å². The van der Waals surface area contributed by atoms with Crippen LogP contribution in [0.4, 0.5) is 0 Å². The Bertz CT molecular complexity index is 610. The summed E-state index contributed by atoms with van der Waals surface area (Å²) in [6.45, 7) is 0. The van der Waals surface area contributed by atoms with Crippen LogP contribution in [0.1, 0.15) is 0 Å². The van der Waals surface area contributed by atoms with Crippen molar-refractivity contribution < 1.29 is 0 Å². The van der Waals surface area contributed by atoms with Gasteiger partial charge in [-0.2, -0.15) is 0 Å². The maximum absolute atomic E-state index is 3.64. The molecule has 14 heavy (non-hydrogen) atoms. The monoisotopic (exact) mass is 245 g/mol. The van der Waals surface area contributed by atoms with Crippen LogP contribution in [0.15, 0.2) is 47.1 Å². The Morgan fingerprint density at radius 3 is 2.79 bits per heavy atom. The Balaban J connectivity index is 2.63. The van der Waals surface area contributed by atoms with Crippen LogP contribution >= 0.6 is 15.9 Å². The van der Waals surface area contributed by atoms with E-state index in [9.17, 15) is 0 Å². The van der Waals surface area contributed by atoms with E-state index in [1.54, 1.807) is 0 Å². The van der Waals surface area contributed by atoms with E-state index in [4.69, 9.17) is 0 Å². The van der Waals surface area contributed by atoms with Crippen LogP contribution in [0.25, 0.3) is 21.7 Å². The molecule has 0 aliphatic heterocycles. The van der Waals surface area contributed by atoms with Gasteiger partial charge in [0, 0.05) is 21.6 Å². The van der Waals surface area contributed by atoms with E-state index in [1.165, 1.54) is 26.1 Å². The van der Waals surface area contributed by atoms with Crippen molar-refractivity contribution in [3.63, 3.8) is 0 Å². The van der Waals surface area contributed by atoms with Crippen LogP contribution in [0, 0.1) is 0 Å². The summed E-state index contributed by atoms with van der Waals surface area (Å²) >= 11 is 3.64. The molecule has 0 aliphatic carbocycles. The van der Waals surface area contributed by atoms with Gasteiger partial charge in [0.15, 0.2) is 0 Å². The average molecular weight is 246 g/mol. The molecule has 0 radical (unpaired) electrons. The summed E-state index contributed by atoms with van der Waals surface area (Å²) in [5.41, 5.74) is 1.18. The van der Waals surface area contributed by atoms with Gasteiger partial charge in [0.25, 0.3) is 0 Å².